The van der Waals surface area contributed by atoms with Gasteiger partial charge in [-0.15, -0.1) is 0 Å². The van der Waals surface area contributed by atoms with Gasteiger partial charge in [-0.25, -0.2) is 8.78 Å². The Balaban J connectivity index is 1.97. The van der Waals surface area contributed by atoms with E-state index in [1.807, 2.05) is 0 Å². The van der Waals surface area contributed by atoms with Crippen LogP contribution in [0.25, 0.3) is 5.76 Å². The van der Waals surface area contributed by atoms with Crippen molar-refractivity contribution >= 4 is 23.1 Å². The van der Waals surface area contributed by atoms with E-state index in [1.165, 1.54) is 38.6 Å². The number of ketones is 1. The molecule has 1 aromatic heterocycles. The molecule has 4 rings (SSSR count). The number of aliphatic hydroxyl groups excluding tert-OH is 1. The molecule has 168 valence electrons. The zero-order valence-electron chi connectivity index (χ0n) is 17.6. The van der Waals surface area contributed by atoms with Crippen molar-refractivity contribution in [2.45, 2.75) is 6.04 Å². The van der Waals surface area contributed by atoms with Gasteiger partial charge in [-0.3, -0.25) is 19.5 Å². The number of pyridine rings is 1. The minimum Gasteiger partial charge on any atom is -0.507 e. The number of aliphatic hydroxyl groups is 1. The number of rotatable bonds is 5. The number of hydrogen-bond acceptors (Lipinski definition) is 6. The van der Waals surface area contributed by atoms with E-state index in [9.17, 15) is 23.5 Å². The monoisotopic (exact) mass is 452 g/mol. The molecule has 0 bridgehead atoms. The summed E-state index contributed by atoms with van der Waals surface area (Å²) in [7, 11) is 2.83. The largest absolute Gasteiger partial charge is 0.507 e. The number of carbonyl (C=O) groups is 2. The van der Waals surface area contributed by atoms with Gasteiger partial charge in [0.15, 0.2) is 0 Å². The number of anilines is 1. The molecule has 33 heavy (non-hydrogen) atoms. The van der Waals surface area contributed by atoms with Crippen molar-refractivity contribution in [2.24, 2.45) is 0 Å². The lowest BCUT2D eigenvalue weighted by molar-refractivity contribution is -0.132. The zero-order valence-corrected chi connectivity index (χ0v) is 17.6. The molecule has 1 aliphatic heterocycles. The van der Waals surface area contributed by atoms with Crippen molar-refractivity contribution in [1.29, 1.82) is 0 Å². The molecular weight excluding hydrogens is 434 g/mol. The van der Waals surface area contributed by atoms with E-state index in [0.29, 0.717) is 11.8 Å². The van der Waals surface area contributed by atoms with E-state index in [0.717, 1.165) is 17.0 Å². The Kier molecular flexibility index (Phi) is 5.78. The Morgan fingerprint density at radius 2 is 1.82 bits per heavy atom. The summed E-state index contributed by atoms with van der Waals surface area (Å²) in [6, 6.07) is 10.7. The van der Waals surface area contributed by atoms with E-state index in [2.05, 4.69) is 4.98 Å². The van der Waals surface area contributed by atoms with E-state index >= 15 is 0 Å². The van der Waals surface area contributed by atoms with Crippen LogP contribution >= 0.6 is 0 Å². The Hall–Kier alpha value is -4.27. The molecule has 0 radical (unpaired) electrons. The lowest BCUT2D eigenvalue weighted by atomic mass is 9.97. The molecule has 1 saturated heterocycles. The van der Waals surface area contributed by atoms with Gasteiger partial charge in [0.2, 0.25) is 0 Å². The van der Waals surface area contributed by atoms with Crippen LogP contribution in [-0.2, 0) is 9.59 Å². The van der Waals surface area contributed by atoms with Gasteiger partial charge in [0.25, 0.3) is 11.7 Å². The molecule has 2 heterocycles. The lowest BCUT2D eigenvalue weighted by Crippen LogP contribution is -2.30. The van der Waals surface area contributed by atoms with Crippen molar-refractivity contribution < 1.29 is 33.0 Å². The fourth-order valence-electron chi connectivity index (χ4n) is 3.71. The molecule has 1 unspecified atom stereocenters. The average Bonchev–Trinajstić information content (AvgIpc) is 3.09. The molecule has 7 nitrogen and oxygen atoms in total. The standard InChI is InChI=1S/C24H18F2N2O5/c1-32-14-7-8-15(19(12-14)33-2)22(29)20-21(17-5-3-4-10-27-17)28(24(31)23(20)30)18-9-6-13(25)11-16(18)26/h3-12,21,29H,1-2H3/b22-20-. The summed E-state index contributed by atoms with van der Waals surface area (Å²) in [5.41, 5.74) is -0.313. The predicted octanol–water partition coefficient (Wildman–Crippen LogP) is 4.00. The molecular formula is C24H18F2N2O5. The highest BCUT2D eigenvalue weighted by Gasteiger charge is 2.48. The number of carbonyl (C=O) groups excluding carboxylic acids is 2. The molecule has 1 fully saturated rings. The number of aromatic nitrogens is 1. The van der Waals surface area contributed by atoms with E-state index in [1.54, 1.807) is 18.2 Å². The fourth-order valence-corrected chi connectivity index (χ4v) is 3.71. The molecule has 9 heteroatoms. The molecule has 0 spiro atoms. The third kappa shape index (κ3) is 3.78. The maximum Gasteiger partial charge on any atom is 0.300 e. The van der Waals surface area contributed by atoms with Gasteiger partial charge in [-0.05, 0) is 36.4 Å². The third-order valence-corrected chi connectivity index (χ3v) is 5.25. The maximum absolute atomic E-state index is 14.7. The number of ether oxygens (including phenoxy) is 2. The second-order valence-electron chi connectivity index (χ2n) is 7.09. The SMILES string of the molecule is COc1ccc(/C(O)=C2/C(=O)C(=O)N(c3ccc(F)cc3F)C2c2ccccn2)c(OC)c1. The molecule has 3 aromatic rings. The van der Waals surface area contributed by atoms with Gasteiger partial charge in [0, 0.05) is 18.3 Å². The highest BCUT2D eigenvalue weighted by atomic mass is 19.1. The summed E-state index contributed by atoms with van der Waals surface area (Å²) in [4.78, 5) is 31.2. The Labute approximate surface area is 187 Å². The Morgan fingerprint density at radius 1 is 1.03 bits per heavy atom. The van der Waals surface area contributed by atoms with E-state index in [-0.39, 0.29) is 28.3 Å². The summed E-state index contributed by atoms with van der Waals surface area (Å²) in [6.07, 6.45) is 1.43. The molecule has 0 saturated carbocycles. The average molecular weight is 452 g/mol. The van der Waals surface area contributed by atoms with Crippen LogP contribution < -0.4 is 14.4 Å². The molecule has 1 N–H and O–H groups in total. The second kappa shape index (κ2) is 8.70. The van der Waals surface area contributed by atoms with Crippen molar-refractivity contribution in [1.82, 2.24) is 4.98 Å². The molecule has 1 aliphatic rings. The Morgan fingerprint density at radius 3 is 2.45 bits per heavy atom. The normalized spacial score (nSPS) is 17.3. The fraction of sp³-hybridized carbons (Fsp3) is 0.125. The lowest BCUT2D eigenvalue weighted by Gasteiger charge is -2.25. The van der Waals surface area contributed by atoms with Crippen LogP contribution in [0.4, 0.5) is 14.5 Å². The maximum atomic E-state index is 14.7. The number of benzene rings is 2. The van der Waals surface area contributed by atoms with Crippen molar-refractivity contribution in [3.63, 3.8) is 0 Å². The highest BCUT2D eigenvalue weighted by Crippen LogP contribution is 2.43. The van der Waals surface area contributed by atoms with Crippen LogP contribution in [0.2, 0.25) is 0 Å². The van der Waals surface area contributed by atoms with Gasteiger partial charge in [0.05, 0.1) is 36.7 Å². The topological polar surface area (TPSA) is 89.0 Å². The van der Waals surface area contributed by atoms with E-state index in [4.69, 9.17) is 9.47 Å². The highest BCUT2D eigenvalue weighted by molar-refractivity contribution is 6.51. The minimum absolute atomic E-state index is 0.122. The number of nitrogens with zero attached hydrogens (tertiary/aromatic N) is 2. The van der Waals surface area contributed by atoms with Gasteiger partial charge in [-0.2, -0.15) is 0 Å². The van der Waals surface area contributed by atoms with Crippen LogP contribution in [0.3, 0.4) is 0 Å². The molecule has 0 aliphatic carbocycles. The summed E-state index contributed by atoms with van der Waals surface area (Å²) in [6.45, 7) is 0. The van der Waals surface area contributed by atoms with Crippen LogP contribution in [0.1, 0.15) is 17.3 Å². The van der Waals surface area contributed by atoms with Crippen LogP contribution in [0.15, 0.2) is 66.4 Å². The third-order valence-electron chi connectivity index (χ3n) is 5.25. The number of hydrogen-bond donors (Lipinski definition) is 1. The first-order valence-electron chi connectivity index (χ1n) is 9.76. The quantitative estimate of drug-likeness (QED) is 0.358. The van der Waals surface area contributed by atoms with Crippen LogP contribution in [0, 0.1) is 11.6 Å². The molecule has 1 amide bonds. The second-order valence-corrected chi connectivity index (χ2v) is 7.09. The number of halogens is 2. The zero-order chi connectivity index (χ0) is 23.7. The smallest absolute Gasteiger partial charge is 0.300 e. The van der Waals surface area contributed by atoms with E-state index < -0.39 is 35.1 Å². The van der Waals surface area contributed by atoms with Crippen molar-refractivity contribution in [3.8, 4) is 11.5 Å². The van der Waals surface area contributed by atoms with Crippen molar-refractivity contribution in [2.75, 3.05) is 19.1 Å². The van der Waals surface area contributed by atoms with Gasteiger partial charge in [0.1, 0.15) is 34.9 Å². The van der Waals surface area contributed by atoms with Gasteiger partial charge >= 0.3 is 0 Å². The number of methoxy groups -OCH3 is 2. The van der Waals surface area contributed by atoms with Gasteiger partial charge < -0.3 is 14.6 Å². The first-order valence-corrected chi connectivity index (χ1v) is 9.76. The summed E-state index contributed by atoms with van der Waals surface area (Å²) in [5, 5.41) is 11.2. The predicted molar refractivity (Wildman–Crippen MR) is 115 cm³/mol. The summed E-state index contributed by atoms with van der Waals surface area (Å²) < 4.78 is 38.6. The van der Waals surface area contributed by atoms with Crippen LogP contribution in [-0.4, -0.2) is 36.0 Å². The van der Waals surface area contributed by atoms with Crippen LogP contribution in [0.5, 0.6) is 11.5 Å². The molecule has 2 aromatic carbocycles. The van der Waals surface area contributed by atoms with Gasteiger partial charge in [-0.1, -0.05) is 6.07 Å². The Bertz CT molecular complexity index is 1280. The van der Waals surface area contributed by atoms with Crippen molar-refractivity contribution in [3.05, 3.63) is 89.3 Å². The first kappa shape index (κ1) is 21.9. The number of Topliss-reactive ketones (excluding diaryl/α,β-unsaturated/α-hetero) is 1. The summed E-state index contributed by atoms with van der Waals surface area (Å²) in [5.74, 6) is -3.93. The molecule has 1 atom stereocenters. The minimum atomic E-state index is -1.27. The number of amides is 1. The first-order chi connectivity index (χ1) is 15.9. The summed E-state index contributed by atoms with van der Waals surface area (Å²) >= 11 is 0.